The van der Waals surface area contributed by atoms with Crippen molar-refractivity contribution in [2.75, 3.05) is 6.61 Å². The predicted molar refractivity (Wildman–Crippen MR) is 128 cm³/mol. The average Bonchev–Trinajstić information content (AvgIpc) is 3.10. The van der Waals surface area contributed by atoms with E-state index in [0.29, 0.717) is 36.5 Å². The summed E-state index contributed by atoms with van der Waals surface area (Å²) in [5, 5.41) is 72.7. The van der Waals surface area contributed by atoms with Gasteiger partial charge in [0.2, 0.25) is 0 Å². The van der Waals surface area contributed by atoms with Crippen LogP contribution in [-0.4, -0.2) is 97.5 Å². The standard InChI is InChI=1S/C27H46O9/c1-12(29)21-18(31)9-16-14-5-4-13-8-17(30)19(10-27(13,3)15(14)6-7-26(16,21)2)35-25-24(34)23(33)22(32)20(11-28)36-25/h12-25,28-34H,4-11H2,1-3H3. The lowest BCUT2D eigenvalue weighted by Crippen LogP contribution is -2.62. The molecule has 1 saturated heterocycles. The van der Waals surface area contributed by atoms with Crippen LogP contribution in [0.15, 0.2) is 0 Å². The molecular weight excluding hydrogens is 468 g/mol. The van der Waals surface area contributed by atoms with E-state index in [1.165, 1.54) is 0 Å². The first-order valence-corrected chi connectivity index (χ1v) is 13.9. The lowest BCUT2D eigenvalue weighted by atomic mass is 9.44. The first kappa shape index (κ1) is 27.2. The van der Waals surface area contributed by atoms with Gasteiger partial charge in [0, 0.05) is 5.92 Å². The van der Waals surface area contributed by atoms with Crippen molar-refractivity contribution in [1.82, 2.24) is 0 Å². The van der Waals surface area contributed by atoms with Gasteiger partial charge in [-0.15, -0.1) is 0 Å². The van der Waals surface area contributed by atoms with Gasteiger partial charge in [-0.25, -0.2) is 0 Å². The van der Waals surface area contributed by atoms with Crippen molar-refractivity contribution in [3.63, 3.8) is 0 Å². The van der Waals surface area contributed by atoms with Crippen LogP contribution < -0.4 is 0 Å². The minimum Gasteiger partial charge on any atom is -0.394 e. The molecule has 1 heterocycles. The Morgan fingerprint density at radius 2 is 1.61 bits per heavy atom. The smallest absolute Gasteiger partial charge is 0.187 e. The number of rotatable bonds is 4. The largest absolute Gasteiger partial charge is 0.394 e. The Morgan fingerprint density at radius 1 is 0.889 bits per heavy atom. The lowest BCUT2D eigenvalue weighted by Gasteiger charge is -2.62. The first-order valence-electron chi connectivity index (χ1n) is 13.9. The zero-order valence-corrected chi connectivity index (χ0v) is 21.7. The summed E-state index contributed by atoms with van der Waals surface area (Å²) in [4.78, 5) is 0. The minimum atomic E-state index is -1.52. The zero-order valence-electron chi connectivity index (χ0n) is 21.7. The second-order valence-corrected chi connectivity index (χ2v) is 13.1. The van der Waals surface area contributed by atoms with Crippen molar-refractivity contribution in [2.45, 2.75) is 121 Å². The molecule has 5 fully saturated rings. The monoisotopic (exact) mass is 514 g/mol. The summed E-state index contributed by atoms with van der Waals surface area (Å²) in [5.41, 5.74) is -0.186. The Hall–Kier alpha value is -0.360. The van der Waals surface area contributed by atoms with E-state index in [4.69, 9.17) is 9.47 Å². The summed E-state index contributed by atoms with van der Waals surface area (Å²) in [6, 6.07) is 0. The van der Waals surface area contributed by atoms with Gasteiger partial charge >= 0.3 is 0 Å². The molecule has 0 aromatic rings. The Balaban J connectivity index is 1.35. The van der Waals surface area contributed by atoms with Gasteiger partial charge in [-0.3, -0.25) is 0 Å². The van der Waals surface area contributed by atoms with E-state index in [1.807, 2.05) is 0 Å². The molecule has 0 bridgehead atoms. The number of ether oxygens (including phenoxy) is 2. The van der Waals surface area contributed by atoms with E-state index in [-0.39, 0.29) is 16.7 Å². The fourth-order valence-corrected chi connectivity index (χ4v) is 9.67. The third-order valence-corrected chi connectivity index (χ3v) is 11.4. The quantitative estimate of drug-likeness (QED) is 0.259. The topological polar surface area (TPSA) is 160 Å². The highest BCUT2D eigenvalue weighted by atomic mass is 16.7. The highest BCUT2D eigenvalue weighted by molar-refractivity contribution is 5.12. The first-order chi connectivity index (χ1) is 16.9. The summed E-state index contributed by atoms with van der Waals surface area (Å²) < 4.78 is 11.7. The van der Waals surface area contributed by atoms with Gasteiger partial charge in [0.1, 0.15) is 24.4 Å². The average molecular weight is 515 g/mol. The van der Waals surface area contributed by atoms with Crippen LogP contribution in [0.5, 0.6) is 0 Å². The van der Waals surface area contributed by atoms with Crippen molar-refractivity contribution in [3.8, 4) is 0 Å². The lowest BCUT2D eigenvalue weighted by molar-refractivity contribution is -0.325. The van der Waals surface area contributed by atoms with Crippen LogP contribution in [0.4, 0.5) is 0 Å². The van der Waals surface area contributed by atoms with Crippen molar-refractivity contribution >= 4 is 0 Å². The molecule has 0 amide bonds. The van der Waals surface area contributed by atoms with Crippen molar-refractivity contribution in [1.29, 1.82) is 0 Å². The molecule has 5 aliphatic rings. The summed E-state index contributed by atoms with van der Waals surface area (Å²) in [5.74, 6) is 1.42. The maximum absolute atomic E-state index is 11.0. The highest BCUT2D eigenvalue weighted by Crippen LogP contribution is 2.68. The molecule has 4 aliphatic carbocycles. The molecule has 1 aliphatic heterocycles. The number of hydrogen-bond acceptors (Lipinski definition) is 9. The van der Waals surface area contributed by atoms with Gasteiger partial charge < -0.3 is 45.2 Å². The third kappa shape index (κ3) is 4.09. The molecule has 16 unspecified atom stereocenters. The molecule has 0 aromatic carbocycles. The number of aliphatic hydroxyl groups is 7. The molecule has 0 aromatic heterocycles. The molecule has 9 heteroatoms. The van der Waals surface area contributed by atoms with E-state index >= 15 is 0 Å². The highest BCUT2D eigenvalue weighted by Gasteiger charge is 2.64. The molecule has 7 N–H and O–H groups in total. The maximum atomic E-state index is 11.0. The molecule has 0 radical (unpaired) electrons. The Morgan fingerprint density at radius 3 is 2.28 bits per heavy atom. The van der Waals surface area contributed by atoms with Crippen LogP contribution >= 0.6 is 0 Å². The summed E-state index contributed by atoms with van der Waals surface area (Å²) in [6.45, 7) is 5.83. The van der Waals surface area contributed by atoms with Crippen molar-refractivity contribution < 1.29 is 45.2 Å². The Bertz CT molecular complexity index is 793. The van der Waals surface area contributed by atoms with Crippen molar-refractivity contribution in [2.24, 2.45) is 40.4 Å². The molecule has 9 nitrogen and oxygen atoms in total. The van der Waals surface area contributed by atoms with E-state index in [0.717, 1.165) is 32.1 Å². The van der Waals surface area contributed by atoms with Crippen LogP contribution in [0, 0.1) is 40.4 Å². The van der Waals surface area contributed by atoms with Gasteiger partial charge in [-0.1, -0.05) is 13.8 Å². The van der Waals surface area contributed by atoms with Crippen LogP contribution in [-0.2, 0) is 9.47 Å². The fourth-order valence-electron chi connectivity index (χ4n) is 9.67. The van der Waals surface area contributed by atoms with Crippen LogP contribution in [0.2, 0.25) is 0 Å². The van der Waals surface area contributed by atoms with Gasteiger partial charge in [0.25, 0.3) is 0 Å². The second-order valence-electron chi connectivity index (χ2n) is 13.1. The van der Waals surface area contributed by atoms with E-state index in [9.17, 15) is 35.7 Å². The fraction of sp³-hybridized carbons (Fsp3) is 1.00. The Labute approximate surface area is 213 Å². The third-order valence-electron chi connectivity index (χ3n) is 11.4. The number of aliphatic hydroxyl groups excluding tert-OH is 7. The summed E-state index contributed by atoms with van der Waals surface area (Å²) in [7, 11) is 0. The molecule has 5 rings (SSSR count). The molecule has 16 atom stereocenters. The molecule has 4 saturated carbocycles. The second kappa shape index (κ2) is 9.68. The van der Waals surface area contributed by atoms with Crippen LogP contribution in [0.25, 0.3) is 0 Å². The number of fused-ring (bicyclic) bond motifs is 5. The summed E-state index contributed by atoms with van der Waals surface area (Å²) >= 11 is 0. The molecule has 0 spiro atoms. The Kier molecular flexibility index (Phi) is 7.32. The summed E-state index contributed by atoms with van der Waals surface area (Å²) in [6.07, 6.45) is -3.24. The van der Waals surface area contributed by atoms with E-state index in [2.05, 4.69) is 13.8 Å². The van der Waals surface area contributed by atoms with Crippen molar-refractivity contribution in [3.05, 3.63) is 0 Å². The zero-order chi connectivity index (χ0) is 26.2. The van der Waals surface area contributed by atoms with Crippen LogP contribution in [0.1, 0.15) is 65.7 Å². The SMILES string of the molecule is CC(O)C1C(O)CC2C3CCC4CC(O)C(OC5OC(CO)C(O)C(O)C5O)CC4(C)C3CCC21C. The van der Waals surface area contributed by atoms with Gasteiger partial charge in [-0.2, -0.15) is 0 Å². The maximum Gasteiger partial charge on any atom is 0.187 e. The van der Waals surface area contributed by atoms with E-state index in [1.54, 1.807) is 6.92 Å². The van der Waals surface area contributed by atoms with E-state index < -0.39 is 61.7 Å². The van der Waals surface area contributed by atoms with Crippen LogP contribution in [0.3, 0.4) is 0 Å². The predicted octanol–water partition coefficient (Wildman–Crippen LogP) is 0.153. The minimum absolute atomic E-state index is 0.0850. The van der Waals surface area contributed by atoms with Gasteiger partial charge in [0.15, 0.2) is 6.29 Å². The van der Waals surface area contributed by atoms with Gasteiger partial charge in [-0.05, 0) is 86.4 Å². The normalized spacial score (nSPS) is 58.0. The van der Waals surface area contributed by atoms with Gasteiger partial charge in [0.05, 0.1) is 31.0 Å². The molecule has 208 valence electrons. The molecular formula is C27H46O9. The number of hydrogen-bond donors (Lipinski definition) is 7. The molecule has 36 heavy (non-hydrogen) atoms.